The molecule has 0 radical (unpaired) electrons. The molecule has 0 aliphatic carbocycles. The summed E-state index contributed by atoms with van der Waals surface area (Å²) in [7, 11) is 1.92. The van der Waals surface area contributed by atoms with Crippen molar-refractivity contribution in [2.75, 3.05) is 0 Å². The van der Waals surface area contributed by atoms with Gasteiger partial charge in [-0.1, -0.05) is 30.7 Å². The number of nitrogens with zero attached hydrogens (tertiary/aromatic N) is 3. The summed E-state index contributed by atoms with van der Waals surface area (Å²) in [6, 6.07) is 8.06. The minimum atomic E-state index is 0.0492. The molecular formula is C16H18ClN3O. The van der Waals surface area contributed by atoms with Gasteiger partial charge in [0, 0.05) is 18.8 Å². The molecule has 1 aromatic carbocycles. The van der Waals surface area contributed by atoms with Gasteiger partial charge in [0.05, 0.1) is 29.6 Å². The number of aliphatic hydroxyl groups is 1. The van der Waals surface area contributed by atoms with Crippen LogP contribution in [0.3, 0.4) is 0 Å². The van der Waals surface area contributed by atoms with Gasteiger partial charge in [-0.15, -0.1) is 0 Å². The van der Waals surface area contributed by atoms with E-state index in [2.05, 4.69) is 22.7 Å². The third-order valence-corrected chi connectivity index (χ3v) is 4.28. The fourth-order valence-corrected chi connectivity index (χ4v) is 2.97. The summed E-state index contributed by atoms with van der Waals surface area (Å²) in [5.74, 6) is 0. The molecule has 21 heavy (non-hydrogen) atoms. The van der Waals surface area contributed by atoms with E-state index in [0.717, 1.165) is 39.3 Å². The molecule has 110 valence electrons. The molecule has 0 atom stereocenters. The number of fused-ring (bicyclic) bond motifs is 1. The van der Waals surface area contributed by atoms with Gasteiger partial charge >= 0.3 is 0 Å². The van der Waals surface area contributed by atoms with E-state index >= 15 is 0 Å². The van der Waals surface area contributed by atoms with Gasteiger partial charge in [0.1, 0.15) is 0 Å². The Hall–Kier alpha value is -1.78. The minimum Gasteiger partial charge on any atom is -0.392 e. The maximum absolute atomic E-state index is 9.29. The summed E-state index contributed by atoms with van der Waals surface area (Å²) in [6.45, 7) is 2.77. The molecule has 0 unspecified atom stereocenters. The van der Waals surface area contributed by atoms with E-state index in [4.69, 9.17) is 11.6 Å². The van der Waals surface area contributed by atoms with Crippen LogP contribution in [0.15, 0.2) is 30.5 Å². The normalized spacial score (nSPS) is 11.4. The summed E-state index contributed by atoms with van der Waals surface area (Å²) in [6.07, 6.45) is 2.87. The van der Waals surface area contributed by atoms with Crippen LogP contribution in [0.25, 0.3) is 10.9 Å². The second kappa shape index (κ2) is 5.54. The van der Waals surface area contributed by atoms with Crippen LogP contribution in [0.1, 0.15) is 23.9 Å². The summed E-state index contributed by atoms with van der Waals surface area (Å²) in [5.41, 5.74) is 3.94. The lowest BCUT2D eigenvalue weighted by Crippen LogP contribution is -2.05. The predicted octanol–water partition coefficient (Wildman–Crippen LogP) is 3.13. The van der Waals surface area contributed by atoms with Crippen LogP contribution >= 0.6 is 11.6 Å². The second-order valence-electron chi connectivity index (χ2n) is 5.18. The maximum Gasteiger partial charge on any atom is 0.0868 e. The van der Waals surface area contributed by atoms with E-state index in [1.54, 1.807) is 0 Å². The molecule has 1 N–H and O–H groups in total. The van der Waals surface area contributed by atoms with Gasteiger partial charge in [-0.05, 0) is 29.5 Å². The Balaban J connectivity index is 2.04. The van der Waals surface area contributed by atoms with Crippen molar-refractivity contribution in [1.82, 2.24) is 14.3 Å². The monoisotopic (exact) mass is 303 g/mol. The van der Waals surface area contributed by atoms with E-state index < -0.39 is 0 Å². The average molecular weight is 304 g/mol. The van der Waals surface area contributed by atoms with E-state index in [9.17, 15) is 5.11 Å². The SMILES string of the molecule is CCc1nn(C)c(Cn2ccc3ccc(CO)cc32)c1Cl. The first-order valence-electron chi connectivity index (χ1n) is 7.03. The Kier molecular flexibility index (Phi) is 3.74. The number of benzene rings is 1. The lowest BCUT2D eigenvalue weighted by Gasteiger charge is -2.07. The number of rotatable bonds is 4. The van der Waals surface area contributed by atoms with Gasteiger partial charge in [0.15, 0.2) is 0 Å². The molecule has 0 aliphatic rings. The van der Waals surface area contributed by atoms with Crippen LogP contribution in [-0.4, -0.2) is 19.5 Å². The van der Waals surface area contributed by atoms with Gasteiger partial charge in [0.2, 0.25) is 0 Å². The van der Waals surface area contributed by atoms with Crippen molar-refractivity contribution in [3.05, 3.63) is 52.4 Å². The van der Waals surface area contributed by atoms with E-state index in [0.29, 0.717) is 6.54 Å². The first-order valence-corrected chi connectivity index (χ1v) is 7.40. The Morgan fingerprint density at radius 3 is 2.76 bits per heavy atom. The Morgan fingerprint density at radius 1 is 1.29 bits per heavy atom. The number of aromatic nitrogens is 3. The van der Waals surface area contributed by atoms with Crippen molar-refractivity contribution >= 4 is 22.5 Å². The van der Waals surface area contributed by atoms with E-state index in [1.165, 1.54) is 0 Å². The number of aryl methyl sites for hydroxylation is 2. The van der Waals surface area contributed by atoms with Crippen molar-refractivity contribution in [3.8, 4) is 0 Å². The maximum atomic E-state index is 9.29. The smallest absolute Gasteiger partial charge is 0.0868 e. The zero-order valence-corrected chi connectivity index (χ0v) is 12.9. The molecule has 3 rings (SSSR count). The molecule has 0 saturated heterocycles. The fourth-order valence-electron chi connectivity index (χ4n) is 2.62. The Bertz CT molecular complexity index is 788. The van der Waals surface area contributed by atoms with Crippen molar-refractivity contribution in [3.63, 3.8) is 0 Å². The number of aliphatic hydroxyl groups excluding tert-OH is 1. The van der Waals surface area contributed by atoms with Crippen molar-refractivity contribution in [2.45, 2.75) is 26.5 Å². The van der Waals surface area contributed by atoms with Gasteiger partial charge < -0.3 is 9.67 Å². The molecule has 0 fully saturated rings. The fraction of sp³-hybridized carbons (Fsp3) is 0.312. The van der Waals surface area contributed by atoms with E-state index in [1.807, 2.05) is 36.1 Å². The summed E-state index contributed by atoms with van der Waals surface area (Å²) < 4.78 is 3.99. The third kappa shape index (κ3) is 2.45. The largest absolute Gasteiger partial charge is 0.392 e. The van der Waals surface area contributed by atoms with Crippen LogP contribution in [0, 0.1) is 0 Å². The Morgan fingerprint density at radius 2 is 2.10 bits per heavy atom. The highest BCUT2D eigenvalue weighted by atomic mass is 35.5. The highest BCUT2D eigenvalue weighted by Crippen LogP contribution is 2.24. The van der Waals surface area contributed by atoms with E-state index in [-0.39, 0.29) is 6.61 Å². The molecule has 4 nitrogen and oxygen atoms in total. The molecule has 0 saturated carbocycles. The zero-order chi connectivity index (χ0) is 15.0. The van der Waals surface area contributed by atoms with Crippen LogP contribution < -0.4 is 0 Å². The second-order valence-corrected chi connectivity index (χ2v) is 5.56. The predicted molar refractivity (Wildman–Crippen MR) is 84.6 cm³/mol. The topological polar surface area (TPSA) is 43.0 Å². The number of hydrogen-bond donors (Lipinski definition) is 1. The lowest BCUT2D eigenvalue weighted by atomic mass is 10.2. The first kappa shape index (κ1) is 14.2. The highest BCUT2D eigenvalue weighted by molar-refractivity contribution is 6.31. The van der Waals surface area contributed by atoms with Gasteiger partial charge in [0.25, 0.3) is 0 Å². The first-order chi connectivity index (χ1) is 10.1. The molecule has 0 aliphatic heterocycles. The molecule has 2 aromatic heterocycles. The number of halogens is 1. The molecule has 0 amide bonds. The van der Waals surface area contributed by atoms with Crippen molar-refractivity contribution in [1.29, 1.82) is 0 Å². The van der Waals surface area contributed by atoms with Crippen LogP contribution in [0.2, 0.25) is 5.02 Å². The van der Waals surface area contributed by atoms with Crippen molar-refractivity contribution in [2.24, 2.45) is 7.05 Å². The molecule has 5 heteroatoms. The zero-order valence-electron chi connectivity index (χ0n) is 12.2. The van der Waals surface area contributed by atoms with Crippen LogP contribution in [0.4, 0.5) is 0 Å². The molecular weight excluding hydrogens is 286 g/mol. The summed E-state index contributed by atoms with van der Waals surface area (Å²) in [4.78, 5) is 0. The number of hydrogen-bond acceptors (Lipinski definition) is 2. The quantitative estimate of drug-likeness (QED) is 0.804. The minimum absolute atomic E-state index is 0.0492. The van der Waals surface area contributed by atoms with Gasteiger partial charge in [-0.3, -0.25) is 4.68 Å². The van der Waals surface area contributed by atoms with Crippen molar-refractivity contribution < 1.29 is 5.11 Å². The molecule has 0 bridgehead atoms. The third-order valence-electron chi connectivity index (χ3n) is 3.84. The molecule has 2 heterocycles. The van der Waals surface area contributed by atoms with Crippen LogP contribution in [0.5, 0.6) is 0 Å². The van der Waals surface area contributed by atoms with Gasteiger partial charge in [-0.2, -0.15) is 5.10 Å². The standard InChI is InChI=1S/C16H18ClN3O/c1-3-13-16(17)15(19(2)18-13)9-20-7-6-12-5-4-11(10-21)8-14(12)20/h4-8,21H,3,9-10H2,1-2H3. The van der Waals surface area contributed by atoms with Crippen LogP contribution in [-0.2, 0) is 26.6 Å². The molecule has 3 aromatic rings. The highest BCUT2D eigenvalue weighted by Gasteiger charge is 2.14. The lowest BCUT2D eigenvalue weighted by molar-refractivity contribution is 0.282. The van der Waals surface area contributed by atoms with Gasteiger partial charge in [-0.25, -0.2) is 0 Å². The average Bonchev–Trinajstić information content (AvgIpc) is 3.02. The Labute approximate surface area is 128 Å². The molecule has 0 spiro atoms. The summed E-state index contributed by atoms with van der Waals surface area (Å²) in [5, 5.41) is 15.7. The summed E-state index contributed by atoms with van der Waals surface area (Å²) >= 11 is 6.42.